The number of nitrogens with zero attached hydrogens (tertiary/aromatic N) is 1. The van der Waals surface area contributed by atoms with E-state index in [9.17, 15) is 8.42 Å². The van der Waals surface area contributed by atoms with Crippen LogP contribution in [-0.4, -0.2) is 50.2 Å². The summed E-state index contributed by atoms with van der Waals surface area (Å²) in [4.78, 5) is 0. The second kappa shape index (κ2) is 5.48. The molecule has 90 valence electrons. The lowest BCUT2D eigenvalue weighted by atomic mass is 10.3. The van der Waals surface area contributed by atoms with Crippen LogP contribution in [0.1, 0.15) is 19.8 Å². The van der Waals surface area contributed by atoms with Crippen molar-refractivity contribution >= 4 is 21.6 Å². The molecule has 0 radical (unpaired) electrons. The van der Waals surface area contributed by atoms with Gasteiger partial charge in [0.25, 0.3) is 0 Å². The number of alkyl halides is 1. The van der Waals surface area contributed by atoms with Crippen LogP contribution in [0.25, 0.3) is 0 Å². The molecule has 1 rings (SSSR count). The Balaban J connectivity index is 2.57. The second-order valence-corrected chi connectivity index (χ2v) is 6.31. The summed E-state index contributed by atoms with van der Waals surface area (Å²) in [6.07, 6.45) is 1.65. The third-order valence-corrected chi connectivity index (χ3v) is 5.18. The fourth-order valence-corrected chi connectivity index (χ4v) is 3.38. The van der Waals surface area contributed by atoms with Crippen molar-refractivity contribution in [1.82, 2.24) is 4.31 Å². The van der Waals surface area contributed by atoms with Gasteiger partial charge in [0.2, 0.25) is 10.0 Å². The summed E-state index contributed by atoms with van der Waals surface area (Å²) in [5.41, 5.74) is 0. The Morgan fingerprint density at radius 3 is 2.73 bits per heavy atom. The number of rotatable bonds is 5. The number of hydrogen-bond donors (Lipinski definition) is 0. The van der Waals surface area contributed by atoms with Gasteiger partial charge in [-0.25, -0.2) is 12.7 Å². The SMILES string of the molecule is CC(CCl)N(C)S(=O)(=O)CC1CCCO1. The Labute approximate surface area is 96.6 Å². The molecular weight excluding hydrogens is 238 g/mol. The first kappa shape index (κ1) is 13.2. The molecule has 0 aromatic rings. The normalized spacial score (nSPS) is 24.7. The monoisotopic (exact) mass is 255 g/mol. The first-order valence-corrected chi connectivity index (χ1v) is 7.25. The molecule has 0 saturated carbocycles. The van der Waals surface area contributed by atoms with Crippen molar-refractivity contribution in [2.45, 2.75) is 31.9 Å². The highest BCUT2D eigenvalue weighted by Gasteiger charge is 2.28. The zero-order valence-corrected chi connectivity index (χ0v) is 10.7. The van der Waals surface area contributed by atoms with Gasteiger partial charge in [-0.1, -0.05) is 0 Å². The average Bonchev–Trinajstić information content (AvgIpc) is 2.67. The first-order valence-electron chi connectivity index (χ1n) is 5.10. The van der Waals surface area contributed by atoms with Crippen LogP contribution < -0.4 is 0 Å². The smallest absolute Gasteiger partial charge is 0.216 e. The molecule has 1 saturated heterocycles. The molecule has 0 aliphatic carbocycles. The molecule has 2 atom stereocenters. The topological polar surface area (TPSA) is 46.6 Å². The average molecular weight is 256 g/mol. The molecule has 1 aliphatic heterocycles. The van der Waals surface area contributed by atoms with Gasteiger partial charge in [-0.15, -0.1) is 11.6 Å². The van der Waals surface area contributed by atoms with Crippen LogP contribution in [-0.2, 0) is 14.8 Å². The Hall–Kier alpha value is 0.160. The minimum atomic E-state index is -3.23. The summed E-state index contributed by atoms with van der Waals surface area (Å²) in [7, 11) is -1.66. The maximum atomic E-state index is 11.9. The minimum absolute atomic E-state index is 0.0741. The molecule has 15 heavy (non-hydrogen) atoms. The van der Waals surface area contributed by atoms with Crippen molar-refractivity contribution in [1.29, 1.82) is 0 Å². The third-order valence-electron chi connectivity index (χ3n) is 2.70. The molecule has 0 aromatic heterocycles. The fraction of sp³-hybridized carbons (Fsp3) is 1.00. The van der Waals surface area contributed by atoms with Crippen LogP contribution in [0.2, 0.25) is 0 Å². The lowest BCUT2D eigenvalue weighted by Gasteiger charge is -2.23. The fourth-order valence-electron chi connectivity index (χ4n) is 1.50. The van der Waals surface area contributed by atoms with E-state index in [1.54, 1.807) is 14.0 Å². The highest BCUT2D eigenvalue weighted by atomic mass is 35.5. The Morgan fingerprint density at radius 2 is 2.27 bits per heavy atom. The van der Waals surface area contributed by atoms with Gasteiger partial charge in [0.05, 0.1) is 11.9 Å². The standard InChI is InChI=1S/C9H18ClNO3S/c1-8(6-10)11(2)15(12,13)7-9-4-3-5-14-9/h8-9H,3-7H2,1-2H3. The third kappa shape index (κ3) is 3.59. The van der Waals surface area contributed by atoms with E-state index in [1.807, 2.05) is 0 Å². The second-order valence-electron chi connectivity index (χ2n) is 3.93. The molecule has 6 heteroatoms. The maximum Gasteiger partial charge on any atom is 0.216 e. The van der Waals surface area contributed by atoms with Gasteiger partial charge in [0.1, 0.15) is 0 Å². The summed E-state index contributed by atoms with van der Waals surface area (Å²) in [6.45, 7) is 2.47. The van der Waals surface area contributed by atoms with Crippen LogP contribution in [0.5, 0.6) is 0 Å². The van der Waals surface area contributed by atoms with Gasteiger partial charge in [-0.2, -0.15) is 0 Å². The molecule has 2 unspecified atom stereocenters. The summed E-state index contributed by atoms with van der Waals surface area (Å²) >= 11 is 5.63. The van der Waals surface area contributed by atoms with Crippen molar-refractivity contribution in [2.24, 2.45) is 0 Å². The molecule has 0 amide bonds. The van der Waals surface area contributed by atoms with Gasteiger partial charge < -0.3 is 4.74 Å². The molecular formula is C9H18ClNO3S. The van der Waals surface area contributed by atoms with Gasteiger partial charge in [0.15, 0.2) is 0 Å². The van der Waals surface area contributed by atoms with Crippen LogP contribution in [0.3, 0.4) is 0 Å². The molecule has 1 fully saturated rings. The van der Waals surface area contributed by atoms with E-state index >= 15 is 0 Å². The molecule has 0 bridgehead atoms. The van der Waals surface area contributed by atoms with E-state index in [1.165, 1.54) is 4.31 Å². The molecule has 0 N–H and O–H groups in total. The van der Waals surface area contributed by atoms with Crippen molar-refractivity contribution in [2.75, 3.05) is 25.3 Å². The van der Waals surface area contributed by atoms with Crippen LogP contribution >= 0.6 is 11.6 Å². The largest absolute Gasteiger partial charge is 0.377 e. The summed E-state index contributed by atoms with van der Waals surface area (Å²) in [5, 5.41) is 0. The van der Waals surface area contributed by atoms with Crippen LogP contribution in [0.4, 0.5) is 0 Å². The summed E-state index contributed by atoms with van der Waals surface area (Å²) in [6, 6.07) is -0.168. The molecule has 4 nitrogen and oxygen atoms in total. The van der Waals surface area contributed by atoms with E-state index in [2.05, 4.69) is 0 Å². The number of ether oxygens (including phenoxy) is 1. The Kier molecular flexibility index (Phi) is 4.83. The van der Waals surface area contributed by atoms with E-state index in [0.29, 0.717) is 12.5 Å². The van der Waals surface area contributed by atoms with Gasteiger partial charge in [-0.05, 0) is 19.8 Å². The molecule has 0 aromatic carbocycles. The van der Waals surface area contributed by atoms with Crippen molar-refractivity contribution in [3.05, 3.63) is 0 Å². The van der Waals surface area contributed by atoms with Crippen LogP contribution in [0.15, 0.2) is 0 Å². The van der Waals surface area contributed by atoms with Gasteiger partial charge >= 0.3 is 0 Å². The van der Waals surface area contributed by atoms with E-state index in [4.69, 9.17) is 16.3 Å². The van der Waals surface area contributed by atoms with Crippen molar-refractivity contribution in [3.8, 4) is 0 Å². The van der Waals surface area contributed by atoms with E-state index in [0.717, 1.165) is 12.8 Å². The highest BCUT2D eigenvalue weighted by molar-refractivity contribution is 7.89. The molecule has 1 aliphatic rings. The Bertz CT molecular complexity index is 288. The van der Waals surface area contributed by atoms with E-state index in [-0.39, 0.29) is 17.9 Å². The predicted molar refractivity (Wildman–Crippen MR) is 60.7 cm³/mol. The number of sulfonamides is 1. The predicted octanol–water partition coefficient (Wildman–Crippen LogP) is 1.05. The first-order chi connectivity index (χ1) is 6.97. The lowest BCUT2D eigenvalue weighted by molar-refractivity contribution is 0.126. The zero-order valence-electron chi connectivity index (χ0n) is 9.15. The van der Waals surface area contributed by atoms with Gasteiger partial charge in [-0.3, -0.25) is 0 Å². The number of hydrogen-bond acceptors (Lipinski definition) is 3. The summed E-state index contributed by atoms with van der Waals surface area (Å²) < 4.78 is 30.4. The Morgan fingerprint density at radius 1 is 1.60 bits per heavy atom. The van der Waals surface area contributed by atoms with Crippen molar-refractivity contribution < 1.29 is 13.2 Å². The maximum absolute atomic E-state index is 11.9. The summed E-state index contributed by atoms with van der Waals surface area (Å²) in [5.74, 6) is 0.381. The highest BCUT2D eigenvalue weighted by Crippen LogP contribution is 2.16. The molecule has 0 spiro atoms. The van der Waals surface area contributed by atoms with Gasteiger partial charge in [0, 0.05) is 25.6 Å². The lowest BCUT2D eigenvalue weighted by Crippen LogP contribution is -2.40. The van der Waals surface area contributed by atoms with Crippen molar-refractivity contribution in [3.63, 3.8) is 0 Å². The minimum Gasteiger partial charge on any atom is -0.377 e. The van der Waals surface area contributed by atoms with E-state index < -0.39 is 10.0 Å². The quantitative estimate of drug-likeness (QED) is 0.690. The van der Waals surface area contributed by atoms with Crippen LogP contribution in [0, 0.1) is 0 Å². The number of halogens is 1. The zero-order chi connectivity index (χ0) is 11.5. The molecule has 1 heterocycles.